The normalized spacial score (nSPS) is 10.3. The summed E-state index contributed by atoms with van der Waals surface area (Å²) in [7, 11) is 0. The summed E-state index contributed by atoms with van der Waals surface area (Å²) in [6.45, 7) is 2.61. The van der Waals surface area contributed by atoms with Crippen molar-refractivity contribution in [3.8, 4) is 5.82 Å². The Kier molecular flexibility index (Phi) is 4.12. The number of nitro groups is 1. The van der Waals surface area contributed by atoms with Crippen molar-refractivity contribution in [3.63, 3.8) is 0 Å². The second kappa shape index (κ2) is 5.99. The minimum atomic E-state index is -0.677. The monoisotopic (exact) mass is 290 g/mol. The van der Waals surface area contributed by atoms with Gasteiger partial charge in [-0.3, -0.25) is 14.9 Å². The first kappa shape index (κ1) is 14.4. The van der Waals surface area contributed by atoms with Crippen molar-refractivity contribution in [2.75, 3.05) is 11.9 Å². The highest BCUT2D eigenvalue weighted by Gasteiger charge is 2.14. The molecule has 2 aromatic rings. The number of nitrogens with two attached hydrogens (primary N) is 1. The molecule has 0 saturated heterocycles. The van der Waals surface area contributed by atoms with Gasteiger partial charge in [0.05, 0.1) is 17.1 Å². The van der Waals surface area contributed by atoms with Gasteiger partial charge in [-0.05, 0) is 12.5 Å². The van der Waals surface area contributed by atoms with Crippen LogP contribution in [0.3, 0.4) is 0 Å². The predicted octanol–water partition coefficient (Wildman–Crippen LogP) is 1.10. The molecule has 0 spiro atoms. The second-order valence-electron chi connectivity index (χ2n) is 4.26. The average molecular weight is 290 g/mol. The fraction of sp³-hybridized carbons (Fsp3) is 0.250. The number of carbonyl (C=O) groups excluding carboxylic acids is 1. The first-order valence-electron chi connectivity index (χ1n) is 6.27. The van der Waals surface area contributed by atoms with Gasteiger partial charge in [0, 0.05) is 12.7 Å². The second-order valence-corrected chi connectivity index (χ2v) is 4.26. The molecule has 9 nitrogen and oxygen atoms in total. The number of nitrogens with zero attached hydrogens (tertiary/aromatic N) is 4. The Morgan fingerprint density at radius 2 is 2.29 bits per heavy atom. The van der Waals surface area contributed by atoms with E-state index in [9.17, 15) is 14.9 Å². The number of amides is 1. The smallest absolute Gasteiger partial charge is 0.276 e. The van der Waals surface area contributed by atoms with E-state index in [1.54, 1.807) is 0 Å². The van der Waals surface area contributed by atoms with Gasteiger partial charge in [0.25, 0.3) is 11.6 Å². The van der Waals surface area contributed by atoms with Gasteiger partial charge in [-0.1, -0.05) is 6.92 Å². The summed E-state index contributed by atoms with van der Waals surface area (Å²) in [6, 6.07) is 4.04. The number of hydrogen-bond donors (Lipinski definition) is 2. The molecule has 0 atom stereocenters. The zero-order valence-corrected chi connectivity index (χ0v) is 11.3. The van der Waals surface area contributed by atoms with Gasteiger partial charge in [-0.15, -0.1) is 0 Å². The van der Waals surface area contributed by atoms with Crippen LogP contribution in [0.5, 0.6) is 0 Å². The standard InChI is InChI=1S/C12H14N6O3/c1-2-4-14-10-6-8(18(20)21)7-11(15-10)17-5-3-9(16-17)12(13)19/h3,5-7H,2,4H2,1H3,(H2,13,19)(H,14,15). The molecule has 0 fully saturated rings. The third-order valence-corrected chi connectivity index (χ3v) is 2.64. The lowest BCUT2D eigenvalue weighted by molar-refractivity contribution is -0.384. The van der Waals surface area contributed by atoms with E-state index in [1.165, 1.54) is 29.1 Å². The third-order valence-electron chi connectivity index (χ3n) is 2.64. The van der Waals surface area contributed by atoms with Gasteiger partial charge in [-0.25, -0.2) is 9.67 Å². The van der Waals surface area contributed by atoms with Crippen LogP contribution in [-0.2, 0) is 0 Å². The summed E-state index contributed by atoms with van der Waals surface area (Å²) in [4.78, 5) is 25.7. The number of aromatic nitrogens is 3. The molecule has 110 valence electrons. The minimum absolute atomic E-state index is 0.0615. The van der Waals surface area contributed by atoms with Crippen LogP contribution in [0, 0.1) is 10.1 Å². The lowest BCUT2D eigenvalue weighted by Crippen LogP contribution is -2.12. The maximum absolute atomic E-state index is 11.0. The van der Waals surface area contributed by atoms with Crippen molar-refractivity contribution in [2.45, 2.75) is 13.3 Å². The van der Waals surface area contributed by atoms with Crippen LogP contribution in [0.1, 0.15) is 23.8 Å². The maximum atomic E-state index is 11.0. The fourth-order valence-corrected chi connectivity index (χ4v) is 1.65. The first-order chi connectivity index (χ1) is 10.0. The van der Waals surface area contributed by atoms with Crippen molar-refractivity contribution in [3.05, 3.63) is 40.2 Å². The van der Waals surface area contributed by atoms with Gasteiger partial charge < -0.3 is 11.1 Å². The van der Waals surface area contributed by atoms with E-state index in [2.05, 4.69) is 15.4 Å². The summed E-state index contributed by atoms with van der Waals surface area (Å²) in [5, 5.41) is 17.9. The number of primary amides is 1. The predicted molar refractivity (Wildman–Crippen MR) is 75.3 cm³/mol. The third kappa shape index (κ3) is 3.32. The quantitative estimate of drug-likeness (QED) is 0.605. The van der Waals surface area contributed by atoms with E-state index in [1.807, 2.05) is 6.92 Å². The Morgan fingerprint density at radius 3 is 2.86 bits per heavy atom. The molecule has 0 aromatic carbocycles. The number of hydrogen-bond acceptors (Lipinski definition) is 6. The van der Waals surface area contributed by atoms with E-state index >= 15 is 0 Å². The number of nitrogens with one attached hydrogen (secondary N) is 1. The van der Waals surface area contributed by atoms with E-state index in [0.717, 1.165) is 6.42 Å². The van der Waals surface area contributed by atoms with E-state index in [0.29, 0.717) is 12.4 Å². The molecular formula is C12H14N6O3. The molecule has 0 bridgehead atoms. The Morgan fingerprint density at radius 1 is 1.52 bits per heavy atom. The summed E-state index contributed by atoms with van der Waals surface area (Å²) < 4.78 is 1.27. The molecule has 1 amide bonds. The number of anilines is 1. The molecule has 2 heterocycles. The SMILES string of the molecule is CCCNc1cc([N+](=O)[O-])cc(-n2ccc(C(N)=O)n2)n1. The van der Waals surface area contributed by atoms with Crippen LogP contribution in [-0.4, -0.2) is 32.1 Å². The Hall–Kier alpha value is -2.97. The lowest BCUT2D eigenvalue weighted by atomic mass is 10.3. The summed E-state index contributed by atoms with van der Waals surface area (Å²) >= 11 is 0. The van der Waals surface area contributed by atoms with Crippen molar-refractivity contribution in [1.82, 2.24) is 14.8 Å². The molecule has 9 heteroatoms. The molecular weight excluding hydrogens is 276 g/mol. The Labute approximate surface area is 119 Å². The van der Waals surface area contributed by atoms with E-state index < -0.39 is 10.8 Å². The molecule has 2 rings (SSSR count). The maximum Gasteiger partial charge on any atom is 0.276 e. The van der Waals surface area contributed by atoms with Crippen LogP contribution in [0.25, 0.3) is 5.82 Å². The molecule has 21 heavy (non-hydrogen) atoms. The molecule has 0 unspecified atom stereocenters. The van der Waals surface area contributed by atoms with Crippen molar-refractivity contribution < 1.29 is 9.72 Å². The largest absolute Gasteiger partial charge is 0.370 e. The topological polar surface area (TPSA) is 129 Å². The highest BCUT2D eigenvalue weighted by molar-refractivity contribution is 5.90. The highest BCUT2D eigenvalue weighted by Crippen LogP contribution is 2.20. The lowest BCUT2D eigenvalue weighted by Gasteiger charge is -2.06. The summed E-state index contributed by atoms with van der Waals surface area (Å²) in [6.07, 6.45) is 2.32. The fourth-order valence-electron chi connectivity index (χ4n) is 1.65. The number of rotatable bonds is 6. The zero-order chi connectivity index (χ0) is 15.4. The molecule has 0 radical (unpaired) electrons. The van der Waals surface area contributed by atoms with Gasteiger partial charge in [0.15, 0.2) is 5.82 Å². The Bertz CT molecular complexity index is 681. The number of carbonyl (C=O) groups is 1. The molecule has 0 aliphatic carbocycles. The molecule has 0 aliphatic rings. The van der Waals surface area contributed by atoms with Gasteiger partial charge >= 0.3 is 0 Å². The molecule has 3 N–H and O–H groups in total. The van der Waals surface area contributed by atoms with E-state index in [4.69, 9.17) is 5.73 Å². The Balaban J connectivity index is 2.42. The van der Waals surface area contributed by atoms with Crippen LogP contribution in [0.4, 0.5) is 11.5 Å². The van der Waals surface area contributed by atoms with Crippen LogP contribution in [0.2, 0.25) is 0 Å². The molecule has 2 aromatic heterocycles. The first-order valence-corrected chi connectivity index (χ1v) is 6.27. The van der Waals surface area contributed by atoms with Crippen LogP contribution < -0.4 is 11.1 Å². The minimum Gasteiger partial charge on any atom is -0.370 e. The van der Waals surface area contributed by atoms with Crippen LogP contribution in [0.15, 0.2) is 24.4 Å². The van der Waals surface area contributed by atoms with Gasteiger partial charge in [0.2, 0.25) is 0 Å². The van der Waals surface area contributed by atoms with Crippen molar-refractivity contribution >= 4 is 17.4 Å². The van der Waals surface area contributed by atoms with Gasteiger partial charge in [0.1, 0.15) is 11.5 Å². The average Bonchev–Trinajstić information content (AvgIpc) is 2.94. The van der Waals surface area contributed by atoms with Crippen LogP contribution >= 0.6 is 0 Å². The van der Waals surface area contributed by atoms with Crippen molar-refractivity contribution in [2.24, 2.45) is 5.73 Å². The summed E-state index contributed by atoms with van der Waals surface area (Å²) in [5.74, 6) is -0.0732. The van der Waals surface area contributed by atoms with Crippen molar-refractivity contribution in [1.29, 1.82) is 0 Å². The zero-order valence-electron chi connectivity index (χ0n) is 11.3. The molecule has 0 saturated carbocycles. The number of pyridine rings is 1. The molecule has 0 aliphatic heterocycles. The summed E-state index contributed by atoms with van der Waals surface area (Å²) in [5.41, 5.74) is 5.07. The van der Waals surface area contributed by atoms with E-state index in [-0.39, 0.29) is 17.2 Å². The highest BCUT2D eigenvalue weighted by atomic mass is 16.6. The van der Waals surface area contributed by atoms with Gasteiger partial charge in [-0.2, -0.15) is 5.10 Å².